The van der Waals surface area contributed by atoms with Crippen LogP contribution in [0.5, 0.6) is 0 Å². The average Bonchev–Trinajstić information content (AvgIpc) is 1.82. The molecule has 0 aromatic rings. The van der Waals surface area contributed by atoms with E-state index in [1.165, 1.54) is 0 Å². The van der Waals surface area contributed by atoms with Crippen molar-refractivity contribution >= 4 is 11.6 Å². The quantitative estimate of drug-likeness (QED) is 0.625. The maximum atomic E-state index is 11.9. The molecule has 0 saturated heterocycles. The lowest BCUT2D eigenvalue weighted by molar-refractivity contribution is 0.0853. The first-order valence-corrected chi connectivity index (χ1v) is 4.62. The van der Waals surface area contributed by atoms with Gasteiger partial charge in [-0.25, -0.2) is 8.78 Å². The molecule has 1 aliphatic rings. The molecule has 72 valence electrons. The molecule has 0 spiro atoms. The maximum absolute atomic E-state index is 11.9. The predicted molar refractivity (Wildman–Crippen MR) is 45.9 cm³/mol. The second-order valence-electron chi connectivity index (χ2n) is 3.55. The Morgan fingerprint density at radius 2 is 2.08 bits per heavy atom. The minimum absolute atomic E-state index is 0.122. The van der Waals surface area contributed by atoms with E-state index in [0.29, 0.717) is 5.92 Å². The van der Waals surface area contributed by atoms with Gasteiger partial charge in [0.15, 0.2) is 0 Å². The first-order chi connectivity index (χ1) is 5.58. The van der Waals surface area contributed by atoms with E-state index in [1.54, 1.807) is 11.9 Å². The standard InChI is InChI=1S/C8H14ClF2N/c1-12(5-8(10)11)4-6-2-7(9)3-6/h6-8H,2-5H2,1H3. The molecule has 0 aromatic carbocycles. The van der Waals surface area contributed by atoms with Crippen LogP contribution in [0, 0.1) is 5.92 Å². The lowest BCUT2D eigenvalue weighted by Gasteiger charge is -2.33. The number of alkyl halides is 3. The zero-order valence-electron chi connectivity index (χ0n) is 7.14. The smallest absolute Gasteiger partial charge is 0.251 e. The molecule has 12 heavy (non-hydrogen) atoms. The Labute approximate surface area is 76.7 Å². The third-order valence-corrected chi connectivity index (χ3v) is 2.55. The molecule has 0 bridgehead atoms. The van der Waals surface area contributed by atoms with Gasteiger partial charge in [0.25, 0.3) is 6.43 Å². The molecule has 1 rings (SSSR count). The van der Waals surface area contributed by atoms with Crippen molar-refractivity contribution in [3.05, 3.63) is 0 Å². The monoisotopic (exact) mass is 197 g/mol. The SMILES string of the molecule is CN(CC(F)F)CC1CC(Cl)C1. The molecule has 0 N–H and O–H groups in total. The van der Waals surface area contributed by atoms with Gasteiger partial charge in [0.2, 0.25) is 0 Å². The van der Waals surface area contributed by atoms with Gasteiger partial charge in [0, 0.05) is 11.9 Å². The topological polar surface area (TPSA) is 3.24 Å². The second-order valence-corrected chi connectivity index (χ2v) is 4.16. The Kier molecular flexibility index (Phi) is 3.72. The Morgan fingerprint density at radius 1 is 1.50 bits per heavy atom. The minimum Gasteiger partial charge on any atom is -0.301 e. The van der Waals surface area contributed by atoms with E-state index < -0.39 is 6.43 Å². The van der Waals surface area contributed by atoms with Crippen molar-refractivity contribution in [2.24, 2.45) is 5.92 Å². The van der Waals surface area contributed by atoms with Gasteiger partial charge in [-0.15, -0.1) is 11.6 Å². The number of hydrogen-bond acceptors (Lipinski definition) is 1. The predicted octanol–water partition coefficient (Wildman–Crippen LogP) is 2.20. The summed E-state index contributed by atoms with van der Waals surface area (Å²) in [5.41, 5.74) is 0. The van der Waals surface area contributed by atoms with Gasteiger partial charge in [-0.1, -0.05) is 0 Å². The van der Waals surface area contributed by atoms with Gasteiger partial charge in [0.05, 0.1) is 6.54 Å². The molecule has 0 radical (unpaired) electrons. The third kappa shape index (κ3) is 3.23. The van der Waals surface area contributed by atoms with Gasteiger partial charge in [-0.2, -0.15) is 0 Å². The molecule has 4 heteroatoms. The van der Waals surface area contributed by atoms with Gasteiger partial charge < -0.3 is 4.90 Å². The van der Waals surface area contributed by atoms with E-state index in [0.717, 1.165) is 19.4 Å². The number of nitrogens with zero attached hydrogens (tertiary/aromatic N) is 1. The lowest BCUT2D eigenvalue weighted by atomic mass is 9.84. The maximum Gasteiger partial charge on any atom is 0.251 e. The average molecular weight is 198 g/mol. The Morgan fingerprint density at radius 3 is 2.50 bits per heavy atom. The molecule has 0 aliphatic heterocycles. The largest absolute Gasteiger partial charge is 0.301 e. The molecule has 0 aromatic heterocycles. The summed E-state index contributed by atoms with van der Waals surface area (Å²) >= 11 is 5.77. The molecule has 0 amide bonds. The summed E-state index contributed by atoms with van der Waals surface area (Å²) in [5, 5.41) is 0.287. The van der Waals surface area contributed by atoms with Crippen molar-refractivity contribution < 1.29 is 8.78 Å². The van der Waals surface area contributed by atoms with Crippen molar-refractivity contribution in [2.75, 3.05) is 20.1 Å². The summed E-state index contributed by atoms with van der Waals surface area (Å²) in [7, 11) is 1.73. The molecule has 1 nitrogen and oxygen atoms in total. The van der Waals surface area contributed by atoms with Crippen molar-refractivity contribution in [3.63, 3.8) is 0 Å². The highest BCUT2D eigenvalue weighted by molar-refractivity contribution is 6.21. The molecule has 0 unspecified atom stereocenters. The number of halogens is 3. The van der Waals surface area contributed by atoms with Crippen LogP contribution in [-0.4, -0.2) is 36.8 Å². The van der Waals surface area contributed by atoms with Crippen molar-refractivity contribution in [3.8, 4) is 0 Å². The van der Waals surface area contributed by atoms with Crippen LogP contribution in [0.1, 0.15) is 12.8 Å². The fourth-order valence-corrected chi connectivity index (χ4v) is 2.06. The highest BCUT2D eigenvalue weighted by Crippen LogP contribution is 2.32. The first-order valence-electron chi connectivity index (χ1n) is 4.18. The van der Waals surface area contributed by atoms with Gasteiger partial charge in [-0.05, 0) is 25.8 Å². The minimum atomic E-state index is -2.22. The van der Waals surface area contributed by atoms with Crippen LogP contribution < -0.4 is 0 Å². The molecule has 0 atom stereocenters. The lowest BCUT2D eigenvalue weighted by Crippen LogP contribution is -2.36. The number of hydrogen-bond donors (Lipinski definition) is 0. The highest BCUT2D eigenvalue weighted by atomic mass is 35.5. The van der Waals surface area contributed by atoms with Crippen LogP contribution in [0.15, 0.2) is 0 Å². The van der Waals surface area contributed by atoms with Crippen LogP contribution >= 0.6 is 11.6 Å². The van der Waals surface area contributed by atoms with Crippen molar-refractivity contribution in [1.82, 2.24) is 4.90 Å². The third-order valence-electron chi connectivity index (χ3n) is 2.20. The van der Waals surface area contributed by atoms with E-state index in [2.05, 4.69) is 0 Å². The van der Waals surface area contributed by atoms with Crippen LogP contribution in [0.2, 0.25) is 0 Å². The van der Waals surface area contributed by atoms with E-state index in [1.807, 2.05) is 0 Å². The fraction of sp³-hybridized carbons (Fsp3) is 1.00. The summed E-state index contributed by atoms with van der Waals surface area (Å²) in [6.07, 6.45) is -0.258. The second kappa shape index (κ2) is 4.38. The Hall–Kier alpha value is 0.110. The highest BCUT2D eigenvalue weighted by Gasteiger charge is 2.28. The van der Waals surface area contributed by atoms with Gasteiger partial charge in [-0.3, -0.25) is 0 Å². The first kappa shape index (κ1) is 10.2. The van der Waals surface area contributed by atoms with Crippen molar-refractivity contribution in [1.29, 1.82) is 0 Å². The molecule has 0 heterocycles. The molecule has 1 aliphatic carbocycles. The summed E-state index contributed by atoms with van der Waals surface area (Å²) in [6, 6.07) is 0. The van der Waals surface area contributed by atoms with Crippen LogP contribution in [0.25, 0.3) is 0 Å². The van der Waals surface area contributed by atoms with Crippen LogP contribution in [-0.2, 0) is 0 Å². The van der Waals surface area contributed by atoms with Crippen molar-refractivity contribution in [2.45, 2.75) is 24.6 Å². The zero-order valence-corrected chi connectivity index (χ0v) is 7.90. The summed E-state index contributed by atoms with van der Waals surface area (Å²) in [4.78, 5) is 1.68. The van der Waals surface area contributed by atoms with Crippen LogP contribution in [0.4, 0.5) is 8.78 Å². The van der Waals surface area contributed by atoms with Gasteiger partial charge >= 0.3 is 0 Å². The molecular formula is C8H14ClF2N. The van der Waals surface area contributed by atoms with E-state index >= 15 is 0 Å². The molecular weight excluding hydrogens is 184 g/mol. The summed E-state index contributed by atoms with van der Waals surface area (Å²) in [6.45, 7) is 0.636. The molecule has 1 fully saturated rings. The van der Waals surface area contributed by atoms with E-state index in [4.69, 9.17) is 11.6 Å². The van der Waals surface area contributed by atoms with E-state index in [-0.39, 0.29) is 11.9 Å². The Bertz CT molecular complexity index is 137. The normalized spacial score (nSPS) is 29.5. The van der Waals surface area contributed by atoms with Crippen LogP contribution in [0.3, 0.4) is 0 Å². The Balaban J connectivity index is 2.06. The van der Waals surface area contributed by atoms with E-state index in [9.17, 15) is 8.78 Å². The summed E-state index contributed by atoms with van der Waals surface area (Å²) in [5.74, 6) is 0.538. The summed E-state index contributed by atoms with van der Waals surface area (Å²) < 4.78 is 23.7. The molecule has 1 saturated carbocycles. The zero-order chi connectivity index (χ0) is 9.14. The number of rotatable bonds is 4. The fourth-order valence-electron chi connectivity index (χ4n) is 1.55. The van der Waals surface area contributed by atoms with Gasteiger partial charge in [0.1, 0.15) is 0 Å².